The van der Waals surface area contributed by atoms with E-state index in [1.807, 2.05) is 29.2 Å². The van der Waals surface area contributed by atoms with Gasteiger partial charge in [0, 0.05) is 30.6 Å². The summed E-state index contributed by atoms with van der Waals surface area (Å²) in [6.07, 6.45) is 9.86. The molecule has 2 aliphatic carbocycles. The maximum atomic E-state index is 13.3. The fraction of sp³-hybridized carbons (Fsp3) is 0.680. The van der Waals surface area contributed by atoms with Gasteiger partial charge in [-0.2, -0.15) is 0 Å². The number of benzene rings is 1. The molecule has 1 aromatic rings. The second kappa shape index (κ2) is 10.4. The summed E-state index contributed by atoms with van der Waals surface area (Å²) in [7, 11) is 0. The number of carbonyl (C=O) groups excluding carboxylic acids is 2. The number of amides is 2. The van der Waals surface area contributed by atoms with Crippen molar-refractivity contribution < 1.29 is 9.59 Å². The quantitative estimate of drug-likeness (QED) is 0.648. The molecule has 1 aromatic carbocycles. The van der Waals surface area contributed by atoms with Gasteiger partial charge in [-0.1, -0.05) is 58.1 Å². The summed E-state index contributed by atoms with van der Waals surface area (Å²) in [5.41, 5.74) is 7.78. The molecule has 0 atom stereocenters. The van der Waals surface area contributed by atoms with Crippen LogP contribution in [0, 0.1) is 17.3 Å². The van der Waals surface area contributed by atoms with E-state index in [4.69, 9.17) is 5.73 Å². The molecule has 2 aliphatic rings. The maximum Gasteiger partial charge on any atom is 0.227 e. The van der Waals surface area contributed by atoms with E-state index in [0.29, 0.717) is 19.6 Å². The van der Waals surface area contributed by atoms with Crippen LogP contribution in [0.1, 0.15) is 77.2 Å². The third-order valence-electron chi connectivity index (χ3n) is 6.76. The van der Waals surface area contributed by atoms with E-state index in [1.165, 1.54) is 6.42 Å². The molecular weight excluding hydrogens is 374 g/mol. The number of anilines is 1. The molecule has 0 spiro atoms. The van der Waals surface area contributed by atoms with Crippen LogP contribution in [-0.2, 0) is 16.1 Å². The van der Waals surface area contributed by atoms with Gasteiger partial charge in [0.1, 0.15) is 0 Å². The van der Waals surface area contributed by atoms with Crippen molar-refractivity contribution in [2.24, 2.45) is 23.0 Å². The molecule has 2 amide bonds. The Kier molecular flexibility index (Phi) is 7.93. The van der Waals surface area contributed by atoms with Crippen LogP contribution in [0.3, 0.4) is 0 Å². The summed E-state index contributed by atoms with van der Waals surface area (Å²) in [6.45, 7) is 6.05. The molecule has 0 radical (unpaired) electrons. The number of nitrogens with two attached hydrogens (primary N) is 1. The van der Waals surface area contributed by atoms with Crippen LogP contribution >= 0.6 is 0 Å². The first-order valence-electron chi connectivity index (χ1n) is 11.8. The van der Waals surface area contributed by atoms with Crippen LogP contribution in [-0.4, -0.2) is 29.8 Å². The minimum Gasteiger partial charge on any atom is -0.338 e. The third kappa shape index (κ3) is 6.31. The van der Waals surface area contributed by atoms with Crippen molar-refractivity contribution in [3.63, 3.8) is 0 Å². The second-order valence-electron chi connectivity index (χ2n) is 10.1. The molecule has 166 valence electrons. The Hall–Kier alpha value is -1.88. The van der Waals surface area contributed by atoms with Gasteiger partial charge >= 0.3 is 0 Å². The van der Waals surface area contributed by atoms with Crippen LogP contribution in [0.5, 0.6) is 0 Å². The lowest BCUT2D eigenvalue weighted by Crippen LogP contribution is -2.44. The lowest BCUT2D eigenvalue weighted by Gasteiger charge is -2.35. The summed E-state index contributed by atoms with van der Waals surface area (Å²) >= 11 is 0. The van der Waals surface area contributed by atoms with Crippen LogP contribution < -0.4 is 11.1 Å². The summed E-state index contributed by atoms with van der Waals surface area (Å²) in [4.78, 5) is 27.6. The standard InChI is InChI=1S/C25H39N3O2/c1-25(2,17-26)18-28(24(30)21-10-4-3-5-11-21)16-19-12-14-22(15-13-19)27-23(29)20-8-6-7-9-20/h12-15,20-21H,3-11,16-18,26H2,1-2H3,(H,27,29). The number of hydrogen-bond donors (Lipinski definition) is 2. The van der Waals surface area contributed by atoms with Gasteiger partial charge in [-0.15, -0.1) is 0 Å². The molecule has 0 saturated heterocycles. The van der Waals surface area contributed by atoms with Crippen molar-refractivity contribution in [2.45, 2.75) is 78.2 Å². The summed E-state index contributed by atoms with van der Waals surface area (Å²) in [5, 5.41) is 3.05. The van der Waals surface area contributed by atoms with Crippen LogP contribution in [0.2, 0.25) is 0 Å². The third-order valence-corrected chi connectivity index (χ3v) is 6.76. The van der Waals surface area contributed by atoms with E-state index >= 15 is 0 Å². The number of hydrogen-bond acceptors (Lipinski definition) is 3. The van der Waals surface area contributed by atoms with Gasteiger partial charge in [0.2, 0.25) is 11.8 Å². The maximum absolute atomic E-state index is 13.3. The molecule has 5 heteroatoms. The number of carbonyl (C=O) groups is 2. The highest BCUT2D eigenvalue weighted by molar-refractivity contribution is 5.92. The fourth-order valence-corrected chi connectivity index (χ4v) is 4.75. The van der Waals surface area contributed by atoms with E-state index < -0.39 is 0 Å². The molecule has 2 saturated carbocycles. The lowest BCUT2D eigenvalue weighted by molar-refractivity contribution is -0.138. The van der Waals surface area contributed by atoms with Crippen LogP contribution in [0.25, 0.3) is 0 Å². The fourth-order valence-electron chi connectivity index (χ4n) is 4.75. The normalized spacial score (nSPS) is 18.4. The predicted molar refractivity (Wildman–Crippen MR) is 122 cm³/mol. The van der Waals surface area contributed by atoms with E-state index in [-0.39, 0.29) is 29.1 Å². The molecule has 0 bridgehead atoms. The van der Waals surface area contributed by atoms with Gasteiger partial charge in [-0.25, -0.2) is 0 Å². The topological polar surface area (TPSA) is 75.4 Å². The Morgan fingerprint density at radius 1 is 0.967 bits per heavy atom. The van der Waals surface area contributed by atoms with Gasteiger partial charge < -0.3 is 16.0 Å². The first-order valence-corrected chi connectivity index (χ1v) is 11.8. The van der Waals surface area contributed by atoms with E-state index in [0.717, 1.165) is 62.6 Å². The SMILES string of the molecule is CC(C)(CN)CN(Cc1ccc(NC(=O)C2CCCC2)cc1)C(=O)C1CCCCC1. The Bertz CT molecular complexity index is 702. The van der Waals surface area contributed by atoms with Gasteiger partial charge in [0.05, 0.1) is 0 Å². The highest BCUT2D eigenvalue weighted by atomic mass is 16.2. The number of nitrogens with one attached hydrogen (secondary N) is 1. The zero-order valence-corrected chi connectivity index (χ0v) is 18.8. The molecule has 0 aliphatic heterocycles. The van der Waals surface area contributed by atoms with E-state index in [2.05, 4.69) is 19.2 Å². The summed E-state index contributed by atoms with van der Waals surface area (Å²) in [5.74, 6) is 0.720. The van der Waals surface area contributed by atoms with Crippen molar-refractivity contribution in [3.8, 4) is 0 Å². The first-order chi connectivity index (χ1) is 14.4. The molecular formula is C25H39N3O2. The van der Waals surface area contributed by atoms with E-state index in [1.54, 1.807) is 0 Å². The van der Waals surface area contributed by atoms with Crippen molar-refractivity contribution in [3.05, 3.63) is 29.8 Å². The molecule has 5 nitrogen and oxygen atoms in total. The van der Waals surface area contributed by atoms with Crippen molar-refractivity contribution in [1.82, 2.24) is 4.90 Å². The summed E-state index contributed by atoms with van der Waals surface area (Å²) < 4.78 is 0. The first kappa shape index (κ1) is 22.8. The van der Waals surface area contributed by atoms with Gasteiger partial charge in [0.25, 0.3) is 0 Å². The van der Waals surface area contributed by atoms with Crippen LogP contribution in [0.15, 0.2) is 24.3 Å². The van der Waals surface area contributed by atoms with Gasteiger partial charge in [0.15, 0.2) is 0 Å². The lowest BCUT2D eigenvalue weighted by atomic mass is 9.87. The molecule has 0 unspecified atom stereocenters. The highest BCUT2D eigenvalue weighted by Gasteiger charge is 2.30. The summed E-state index contributed by atoms with van der Waals surface area (Å²) in [6, 6.07) is 7.97. The number of rotatable bonds is 8. The predicted octanol–water partition coefficient (Wildman–Crippen LogP) is 4.71. The molecule has 30 heavy (non-hydrogen) atoms. The minimum absolute atomic E-state index is 0.112. The molecule has 3 rings (SSSR count). The smallest absolute Gasteiger partial charge is 0.227 e. The zero-order valence-electron chi connectivity index (χ0n) is 18.8. The van der Waals surface area contributed by atoms with Crippen molar-refractivity contribution in [2.75, 3.05) is 18.4 Å². The molecule has 0 heterocycles. The van der Waals surface area contributed by atoms with E-state index in [9.17, 15) is 9.59 Å². The highest BCUT2D eigenvalue weighted by Crippen LogP contribution is 2.29. The van der Waals surface area contributed by atoms with Crippen LogP contribution in [0.4, 0.5) is 5.69 Å². The Morgan fingerprint density at radius 2 is 1.53 bits per heavy atom. The monoisotopic (exact) mass is 413 g/mol. The van der Waals surface area contributed by atoms with Crippen molar-refractivity contribution in [1.29, 1.82) is 0 Å². The Morgan fingerprint density at radius 3 is 2.13 bits per heavy atom. The molecule has 2 fully saturated rings. The van der Waals surface area contributed by atoms with Gasteiger partial charge in [-0.3, -0.25) is 9.59 Å². The Balaban J connectivity index is 1.65. The average Bonchev–Trinajstić information content (AvgIpc) is 3.30. The largest absolute Gasteiger partial charge is 0.338 e. The zero-order chi connectivity index (χ0) is 21.6. The molecule has 0 aromatic heterocycles. The minimum atomic E-state index is -0.112. The average molecular weight is 414 g/mol. The second-order valence-corrected chi connectivity index (χ2v) is 10.1. The molecule has 3 N–H and O–H groups in total. The Labute approximate surface area is 181 Å². The van der Waals surface area contributed by atoms with Crippen molar-refractivity contribution >= 4 is 17.5 Å². The van der Waals surface area contributed by atoms with Gasteiger partial charge in [-0.05, 0) is 55.3 Å². The number of nitrogens with zero attached hydrogens (tertiary/aromatic N) is 1.